The summed E-state index contributed by atoms with van der Waals surface area (Å²) in [5, 5.41) is 23.0. The first-order chi connectivity index (χ1) is 33.1. The van der Waals surface area contributed by atoms with Crippen LogP contribution in [0.3, 0.4) is 0 Å². The van der Waals surface area contributed by atoms with Crippen molar-refractivity contribution in [1.29, 1.82) is 0 Å². The number of ketones is 2. The summed E-state index contributed by atoms with van der Waals surface area (Å²) in [6.45, 7) is 16.4. The number of allylic oxidation sites excluding steroid dienone is 1. The number of aliphatic carboxylic acids is 1. The van der Waals surface area contributed by atoms with Crippen molar-refractivity contribution in [1.82, 2.24) is 0 Å². The number of rotatable bonds is 17. The highest BCUT2D eigenvalue weighted by Crippen LogP contribution is 2.60. The number of carbonyl (C=O) groups excluding carboxylic acids is 7. The van der Waals surface area contributed by atoms with E-state index in [1.165, 1.54) is 52.9 Å². The minimum Gasteiger partial charge on any atom is -0.481 e. The molecule has 10 aliphatic rings. The van der Waals surface area contributed by atoms with Crippen molar-refractivity contribution in [3.63, 3.8) is 0 Å². The highest BCUT2D eigenvalue weighted by atomic mass is 16.6. The molecular weight excluding hydrogens is 927 g/mol. The lowest BCUT2D eigenvalue weighted by molar-refractivity contribution is -0.207. The van der Waals surface area contributed by atoms with E-state index in [-0.39, 0.29) is 84.1 Å². The molecule has 0 aromatic rings. The van der Waals surface area contributed by atoms with Gasteiger partial charge in [0.2, 0.25) is 12.2 Å². The summed E-state index contributed by atoms with van der Waals surface area (Å²) in [5.74, 6) is -0.577. The Kier molecular flexibility index (Phi) is 25.9. The van der Waals surface area contributed by atoms with E-state index in [0.717, 1.165) is 75.4 Å². The van der Waals surface area contributed by atoms with Gasteiger partial charge < -0.3 is 39.0 Å². The maximum absolute atomic E-state index is 13.2. The van der Waals surface area contributed by atoms with Crippen LogP contribution in [0.1, 0.15) is 159 Å². The van der Waals surface area contributed by atoms with Crippen LogP contribution in [0.25, 0.3) is 0 Å². The van der Waals surface area contributed by atoms with Crippen molar-refractivity contribution in [3.8, 4) is 0 Å². The number of carboxylic acid groups (broad SMARTS) is 1. The second kappa shape index (κ2) is 29.1. The molecule has 0 amide bonds. The number of Topliss-reactive ketones (excluding diaryl/α,β-unsaturated/α-hetero) is 2. The standard InChI is InChI=1S/C26H38O7.C15H22O7.C11H16.2CH4O.CH4.B/c1-14(16(3)27)7-19(24(29)32-22-5-6-31-25(22)30)8-15(2)23(28)33-26(4)20-10-17-9-18(12-20)13-21(26)11-17;1-8(10(3)16)6-11(7-9(2)13(17)18)14(19)22-12-4-5-21-15(12)20;1-7-10-3-8-2-9(5-10)6-11(7)4-8;2*1-2;;/h14-15,17-22H,5-13H2,1-4H3;8-9,11-12H,4-7H2,1-3H3,(H,17,18);8-11H,1-6H2;2*2H,1H3;1H4;. The minimum atomic E-state index is -1.02. The molecule has 2 heterocycles. The molecule has 8 atom stereocenters. The van der Waals surface area contributed by atoms with E-state index in [9.17, 15) is 38.4 Å². The molecule has 17 heteroatoms. The van der Waals surface area contributed by atoms with Crippen LogP contribution in [0.4, 0.5) is 0 Å². The van der Waals surface area contributed by atoms with E-state index < -0.39 is 71.3 Å². The van der Waals surface area contributed by atoms with Gasteiger partial charge in [0.05, 0.1) is 36.9 Å². The molecule has 16 nitrogen and oxygen atoms in total. The summed E-state index contributed by atoms with van der Waals surface area (Å²) in [5.41, 5.74) is 1.20. The molecular formula is C55H88BO16. The van der Waals surface area contributed by atoms with Gasteiger partial charge in [-0.3, -0.25) is 28.8 Å². The topological polar surface area (TPSA) is 243 Å². The van der Waals surface area contributed by atoms with Crippen LogP contribution in [0.15, 0.2) is 12.2 Å². The molecule has 2 aliphatic heterocycles. The van der Waals surface area contributed by atoms with E-state index in [4.69, 9.17) is 39.0 Å². The average molecular weight is 1020 g/mol. The molecule has 8 saturated carbocycles. The molecule has 0 aromatic carbocycles. The highest BCUT2D eigenvalue weighted by molar-refractivity contribution is 5.84. The van der Waals surface area contributed by atoms with Gasteiger partial charge in [0.25, 0.3) is 0 Å². The number of hydrogen-bond acceptors (Lipinski definition) is 15. The number of ether oxygens (including phenoxy) is 5. The van der Waals surface area contributed by atoms with Crippen molar-refractivity contribution >= 4 is 55.8 Å². The van der Waals surface area contributed by atoms with Gasteiger partial charge in [0.1, 0.15) is 17.2 Å². The molecule has 8 unspecified atom stereocenters. The molecule has 10 fully saturated rings. The number of aliphatic hydroxyl groups excluding tert-OH is 2. The van der Waals surface area contributed by atoms with Crippen LogP contribution >= 0.6 is 0 Å². The molecule has 3 radical (unpaired) electrons. The Morgan fingerprint density at radius 2 is 0.917 bits per heavy atom. The first-order valence-corrected chi connectivity index (χ1v) is 25.9. The average Bonchev–Trinajstić information content (AvgIpc) is 3.92. The van der Waals surface area contributed by atoms with Gasteiger partial charge in [-0.05, 0) is 158 Å². The number of hydrogen-bond donors (Lipinski definition) is 3. The van der Waals surface area contributed by atoms with E-state index in [1.807, 2.05) is 0 Å². The van der Waals surface area contributed by atoms with Gasteiger partial charge in [-0.15, -0.1) is 0 Å². The number of aliphatic hydroxyl groups is 2. The van der Waals surface area contributed by atoms with E-state index in [1.54, 1.807) is 32.8 Å². The van der Waals surface area contributed by atoms with Gasteiger partial charge in [-0.1, -0.05) is 47.3 Å². The first-order valence-electron chi connectivity index (χ1n) is 25.9. The van der Waals surface area contributed by atoms with Gasteiger partial charge in [0, 0.05) is 47.3 Å². The molecule has 0 aromatic heterocycles. The number of esters is 5. The Morgan fingerprint density at radius 1 is 0.583 bits per heavy atom. The summed E-state index contributed by atoms with van der Waals surface area (Å²) < 4.78 is 26.4. The smallest absolute Gasteiger partial charge is 0.347 e. The molecule has 407 valence electrons. The third-order valence-corrected chi connectivity index (χ3v) is 17.0. The number of carbonyl (C=O) groups is 8. The molecule has 72 heavy (non-hydrogen) atoms. The third kappa shape index (κ3) is 16.7. The maximum atomic E-state index is 13.2. The van der Waals surface area contributed by atoms with Crippen LogP contribution in [0.5, 0.6) is 0 Å². The van der Waals surface area contributed by atoms with E-state index in [0.29, 0.717) is 24.7 Å². The molecule has 8 aliphatic carbocycles. The van der Waals surface area contributed by atoms with E-state index >= 15 is 0 Å². The van der Waals surface area contributed by atoms with Gasteiger partial charge in [-0.25, -0.2) is 9.59 Å². The largest absolute Gasteiger partial charge is 0.481 e. The lowest BCUT2D eigenvalue weighted by Gasteiger charge is -2.59. The number of carboxylic acids is 1. The van der Waals surface area contributed by atoms with Crippen LogP contribution in [-0.4, -0.2) is 116 Å². The summed E-state index contributed by atoms with van der Waals surface area (Å²) in [6, 6.07) is 0. The SMILES string of the molecule is C.C=C1C2CC3CC(C2)CC1C3.CC(=O)C(C)CC(CC(C)C(=O)O)C(=O)OC1CCOC1=O.CC(=O)C(C)CC(CC(C)C(=O)OC1(C)C2CC3CC(C2)CC1C3)C(=O)OC1CCOC1=O.CO.CO.[B]. The van der Waals surface area contributed by atoms with Crippen LogP contribution in [0, 0.1) is 82.9 Å². The van der Waals surface area contributed by atoms with Crippen molar-refractivity contribution in [2.45, 2.75) is 176 Å². The quantitative estimate of drug-likeness (QED) is 0.0552. The molecule has 2 saturated heterocycles. The first kappa shape index (κ1) is 64.0. The van der Waals surface area contributed by atoms with Crippen LogP contribution in [0.2, 0.25) is 0 Å². The van der Waals surface area contributed by atoms with Gasteiger partial charge in [-0.2, -0.15) is 0 Å². The predicted octanol–water partition coefficient (Wildman–Crippen LogP) is 7.52. The van der Waals surface area contributed by atoms with E-state index in [2.05, 4.69) is 13.5 Å². The summed E-state index contributed by atoms with van der Waals surface area (Å²) in [6.07, 6.45) is 13.0. The van der Waals surface area contributed by atoms with Crippen LogP contribution < -0.4 is 0 Å². The van der Waals surface area contributed by atoms with Crippen LogP contribution in [-0.2, 0) is 62.0 Å². The predicted molar refractivity (Wildman–Crippen MR) is 269 cm³/mol. The molecule has 0 spiro atoms. The van der Waals surface area contributed by atoms with Crippen molar-refractivity contribution < 1.29 is 77.4 Å². The zero-order chi connectivity index (χ0) is 52.2. The van der Waals surface area contributed by atoms with Crippen molar-refractivity contribution in [3.05, 3.63) is 12.2 Å². The van der Waals surface area contributed by atoms with Crippen molar-refractivity contribution in [2.24, 2.45) is 82.9 Å². The second-order valence-corrected chi connectivity index (χ2v) is 22.1. The van der Waals surface area contributed by atoms with Gasteiger partial charge >= 0.3 is 35.8 Å². The fraction of sp³-hybridized carbons (Fsp3) is 0.818. The zero-order valence-corrected chi connectivity index (χ0v) is 43.9. The Balaban J connectivity index is 0.000000390. The fourth-order valence-corrected chi connectivity index (χ4v) is 12.8. The number of cyclic esters (lactones) is 2. The summed E-state index contributed by atoms with van der Waals surface area (Å²) >= 11 is 0. The second-order valence-electron chi connectivity index (χ2n) is 22.1. The third-order valence-electron chi connectivity index (χ3n) is 17.0. The fourth-order valence-electron chi connectivity index (χ4n) is 12.8. The molecule has 3 N–H and O–H groups in total. The van der Waals surface area contributed by atoms with Crippen molar-refractivity contribution in [2.75, 3.05) is 27.4 Å². The summed E-state index contributed by atoms with van der Waals surface area (Å²) in [4.78, 5) is 95.6. The zero-order valence-electron chi connectivity index (χ0n) is 43.9. The Bertz CT molecular complexity index is 1780. The van der Waals surface area contributed by atoms with Gasteiger partial charge in [0.15, 0.2) is 0 Å². The lowest BCUT2D eigenvalue weighted by Crippen LogP contribution is -2.58. The normalized spacial score (nSPS) is 32.0. The minimum absolute atomic E-state index is 0. The Labute approximate surface area is 430 Å². The Morgan fingerprint density at radius 3 is 1.24 bits per heavy atom. The maximum Gasteiger partial charge on any atom is 0.347 e. The molecule has 10 rings (SSSR count). The monoisotopic (exact) mass is 1020 g/mol. The summed E-state index contributed by atoms with van der Waals surface area (Å²) in [7, 11) is 2.00. The lowest BCUT2D eigenvalue weighted by atomic mass is 9.50. The Hall–Kier alpha value is -4.12. The molecule has 8 bridgehead atoms. The highest BCUT2D eigenvalue weighted by Gasteiger charge is 2.57.